The largest absolute Gasteiger partial charge is 0.567 e. The molecule has 1 aliphatic heterocycles. The highest BCUT2D eigenvalue weighted by molar-refractivity contribution is 7.91. The number of aromatic nitrogens is 3. The first-order chi connectivity index (χ1) is 21.0. The summed E-state index contributed by atoms with van der Waals surface area (Å²) in [6, 6.07) is 10.1. The smallest absolute Gasteiger partial charge is 0.387 e. The van der Waals surface area contributed by atoms with E-state index < -0.39 is 71.7 Å². The molecule has 1 amide bonds. The Bertz CT molecular complexity index is 1820. The second-order valence-electron chi connectivity index (χ2n) is 9.94. The van der Waals surface area contributed by atoms with Crippen molar-refractivity contribution >= 4 is 34.9 Å². The second-order valence-corrected chi connectivity index (χ2v) is 13.2. The number of rotatable bonds is 9. The quantitative estimate of drug-likeness (QED) is 0.140. The molecule has 0 aliphatic carbocycles. The Balaban J connectivity index is 1.23. The Morgan fingerprint density at radius 2 is 1.73 bits per heavy atom. The van der Waals surface area contributed by atoms with E-state index in [1.54, 1.807) is 0 Å². The van der Waals surface area contributed by atoms with Crippen molar-refractivity contribution in [3.63, 3.8) is 0 Å². The number of nitrogens with zero attached hydrogens (tertiary/aromatic N) is 3. The molecule has 2 aromatic heterocycles. The van der Waals surface area contributed by atoms with E-state index in [1.807, 2.05) is 0 Å². The van der Waals surface area contributed by atoms with Crippen molar-refractivity contribution in [2.45, 2.75) is 47.1 Å². The monoisotopic (exact) mass is 673 g/mol. The number of sulfone groups is 1. The van der Waals surface area contributed by atoms with E-state index in [9.17, 15) is 36.6 Å². The number of nitrogens with one attached hydrogen (secondary N) is 1. The van der Waals surface area contributed by atoms with Crippen molar-refractivity contribution < 1.29 is 60.5 Å². The van der Waals surface area contributed by atoms with Gasteiger partial charge in [-0.05, 0) is 42.0 Å². The summed E-state index contributed by atoms with van der Waals surface area (Å²) in [5.74, 6) is -0.550. The highest BCUT2D eigenvalue weighted by atomic mass is 32.2. The maximum absolute atomic E-state index is 13.0. The predicted octanol–water partition coefficient (Wildman–Crippen LogP) is 1.50. The van der Waals surface area contributed by atoms with Crippen molar-refractivity contribution in [3.8, 4) is 0 Å². The molecule has 0 bridgehead atoms. The number of ether oxygens (including phenoxy) is 1. The summed E-state index contributed by atoms with van der Waals surface area (Å²) < 4.78 is 76.0. The lowest BCUT2D eigenvalue weighted by atomic mass is 10.1. The molecule has 45 heavy (non-hydrogen) atoms. The van der Waals surface area contributed by atoms with Crippen molar-refractivity contribution in [3.05, 3.63) is 83.7 Å². The van der Waals surface area contributed by atoms with E-state index in [4.69, 9.17) is 19.4 Å². The van der Waals surface area contributed by atoms with Crippen LogP contribution >= 0.6 is 8.17 Å². The Kier molecular flexibility index (Phi) is 8.98. The van der Waals surface area contributed by atoms with Crippen LogP contribution in [0.4, 0.5) is 13.2 Å². The summed E-state index contributed by atoms with van der Waals surface area (Å²) in [5.41, 5.74) is -0.289. The minimum absolute atomic E-state index is 0.0252. The van der Waals surface area contributed by atoms with Crippen LogP contribution in [0.25, 0.3) is 11.0 Å². The van der Waals surface area contributed by atoms with Crippen LogP contribution in [0, 0.1) is 0 Å². The van der Waals surface area contributed by atoms with Crippen molar-refractivity contribution in [1.82, 2.24) is 20.1 Å². The van der Waals surface area contributed by atoms with Gasteiger partial charge < -0.3 is 20.3 Å². The number of fused-ring (bicyclic) bond motifs is 1. The third-order valence-electron chi connectivity index (χ3n) is 6.84. The van der Waals surface area contributed by atoms with E-state index in [0.29, 0.717) is 17.0 Å². The average Bonchev–Trinajstić information content (AvgIpc) is 3.53. The Morgan fingerprint density at radius 3 is 2.40 bits per heavy atom. The summed E-state index contributed by atoms with van der Waals surface area (Å²) in [6.07, 6.45) is -7.70. The Hall–Kier alpha value is -3.58. The number of aliphatic hydroxyl groups is 2. The van der Waals surface area contributed by atoms with Gasteiger partial charge in [0, 0.05) is 18.1 Å². The topological polar surface area (TPSA) is 214 Å². The van der Waals surface area contributed by atoms with E-state index in [-0.39, 0.29) is 22.7 Å². The molecular weight excluding hydrogens is 648 g/mol. The molecule has 3 heterocycles. The van der Waals surface area contributed by atoms with Crippen LogP contribution in [0.15, 0.2) is 76.8 Å². The number of carbonyl (C=O) groups is 1. The molecule has 4 aromatic rings. The van der Waals surface area contributed by atoms with E-state index in [0.717, 1.165) is 22.9 Å². The van der Waals surface area contributed by atoms with Gasteiger partial charge in [0.15, 0.2) is 11.9 Å². The van der Waals surface area contributed by atoms with Gasteiger partial charge in [-0.15, -0.1) is 0 Å². The summed E-state index contributed by atoms with van der Waals surface area (Å²) in [4.78, 5) is 43.2. The van der Waals surface area contributed by atoms with E-state index in [1.165, 1.54) is 42.7 Å². The standard InChI is InChI=1S/C26H24F3N4O10PS/c27-26(28,29)17-2-1-3-19(9-17)45(40,41)18-6-4-14(5-7-18)10-31-24(36)16-8-15-12-32-33(23(15)30-11-16)25-22(35)21(34)20(43-25)13-42-44(37,38)39/h1-9,11-12,20-22,25,34-35,37-39H,10,13H2/p+1/t20-,21-,22-,25-/m1/s1. The molecule has 0 unspecified atom stereocenters. The van der Waals surface area contributed by atoms with Gasteiger partial charge in [-0.2, -0.15) is 37.5 Å². The van der Waals surface area contributed by atoms with Crippen LogP contribution in [-0.2, 0) is 31.8 Å². The lowest BCUT2D eigenvalue weighted by molar-refractivity contribution is -0.137. The fourth-order valence-electron chi connectivity index (χ4n) is 4.54. The lowest BCUT2D eigenvalue weighted by Gasteiger charge is -2.15. The molecule has 14 nitrogen and oxygen atoms in total. The molecule has 6 N–H and O–H groups in total. The molecule has 0 saturated carbocycles. The summed E-state index contributed by atoms with van der Waals surface area (Å²) in [6.45, 7) is -0.667. The second kappa shape index (κ2) is 12.3. The van der Waals surface area contributed by atoms with Gasteiger partial charge in [-0.25, -0.2) is 18.1 Å². The van der Waals surface area contributed by atoms with Gasteiger partial charge in [-0.3, -0.25) is 4.79 Å². The molecule has 19 heteroatoms. The van der Waals surface area contributed by atoms with Crippen LogP contribution in [0.2, 0.25) is 0 Å². The van der Waals surface area contributed by atoms with Crippen LogP contribution in [0.3, 0.4) is 0 Å². The van der Waals surface area contributed by atoms with Crippen LogP contribution in [0.1, 0.15) is 27.7 Å². The molecule has 0 radical (unpaired) electrons. The fourth-order valence-corrected chi connectivity index (χ4v) is 6.19. The van der Waals surface area contributed by atoms with Crippen LogP contribution < -0.4 is 5.32 Å². The van der Waals surface area contributed by atoms with Gasteiger partial charge in [0.25, 0.3) is 5.91 Å². The zero-order valence-electron chi connectivity index (χ0n) is 22.7. The third-order valence-corrected chi connectivity index (χ3v) is 9.11. The van der Waals surface area contributed by atoms with Crippen molar-refractivity contribution in [2.75, 3.05) is 6.61 Å². The highest BCUT2D eigenvalue weighted by Crippen LogP contribution is 2.46. The Labute approximate surface area is 252 Å². The normalized spacial score (nSPS) is 20.9. The summed E-state index contributed by atoms with van der Waals surface area (Å²) in [7, 11) is -8.84. The van der Waals surface area contributed by atoms with Gasteiger partial charge in [0.2, 0.25) is 9.84 Å². The number of aliphatic hydroxyl groups excluding tert-OH is 2. The van der Waals surface area contributed by atoms with Gasteiger partial charge in [0.1, 0.15) is 24.9 Å². The number of hydrogen-bond acceptors (Lipinski definition) is 12. The number of pyridine rings is 1. The SMILES string of the molecule is O=C(NCc1ccc(S(=O)(=O)c2cccc(C(F)(F)F)c2)cc1)c1cnc2c(cnn2[C@@H]2O[C@H](CO[P+](O)(O)O)[C@@H](O)[C@H]2O)c1. The van der Waals surface area contributed by atoms with Gasteiger partial charge in [0.05, 0.1) is 27.1 Å². The molecule has 1 saturated heterocycles. The number of amides is 1. The molecule has 0 spiro atoms. The number of halogens is 3. The zero-order chi connectivity index (χ0) is 32.7. The lowest BCUT2D eigenvalue weighted by Crippen LogP contribution is -2.34. The zero-order valence-corrected chi connectivity index (χ0v) is 24.4. The maximum atomic E-state index is 13.0. The molecule has 5 rings (SSSR count). The van der Waals surface area contributed by atoms with Crippen LogP contribution in [-0.4, -0.2) is 78.9 Å². The molecule has 2 aromatic carbocycles. The minimum atomic E-state index is -4.70. The molecule has 1 fully saturated rings. The van der Waals surface area contributed by atoms with Crippen molar-refractivity contribution in [1.29, 1.82) is 0 Å². The molecule has 4 atom stereocenters. The predicted molar refractivity (Wildman–Crippen MR) is 147 cm³/mol. The first kappa shape index (κ1) is 32.8. The first-order valence-electron chi connectivity index (χ1n) is 12.9. The number of hydrogen-bond donors (Lipinski definition) is 6. The highest BCUT2D eigenvalue weighted by Gasteiger charge is 2.47. The van der Waals surface area contributed by atoms with Crippen LogP contribution in [0.5, 0.6) is 0 Å². The maximum Gasteiger partial charge on any atom is 0.567 e. The van der Waals surface area contributed by atoms with E-state index >= 15 is 0 Å². The number of carbonyl (C=O) groups excluding carboxylic acids is 1. The van der Waals surface area contributed by atoms with Gasteiger partial charge in [-0.1, -0.05) is 18.2 Å². The van der Waals surface area contributed by atoms with Crippen molar-refractivity contribution in [2.24, 2.45) is 0 Å². The minimum Gasteiger partial charge on any atom is -0.387 e. The fraction of sp³-hybridized carbons (Fsp3) is 0.269. The average molecular weight is 674 g/mol. The van der Waals surface area contributed by atoms with E-state index in [2.05, 4.69) is 19.9 Å². The molecule has 1 aliphatic rings. The molecular formula is C26H25F3N4O10PS+. The third kappa shape index (κ3) is 7.14. The number of benzene rings is 2. The number of alkyl halides is 3. The first-order valence-corrected chi connectivity index (χ1v) is 16.0. The summed E-state index contributed by atoms with van der Waals surface area (Å²) in [5, 5.41) is 27.8. The Morgan fingerprint density at radius 1 is 1.02 bits per heavy atom. The molecule has 240 valence electrons. The summed E-state index contributed by atoms with van der Waals surface area (Å²) >= 11 is 0. The van der Waals surface area contributed by atoms with Gasteiger partial charge >= 0.3 is 14.3 Å².